The van der Waals surface area contributed by atoms with Crippen LogP contribution in [0.4, 0.5) is 0 Å². The highest BCUT2D eigenvalue weighted by Crippen LogP contribution is 2.21. The van der Waals surface area contributed by atoms with Crippen molar-refractivity contribution in [3.05, 3.63) is 35.5 Å². The number of guanidine groups is 1. The van der Waals surface area contributed by atoms with Gasteiger partial charge in [-0.25, -0.2) is 0 Å². The molecule has 1 aromatic carbocycles. The minimum absolute atomic E-state index is 0. The Labute approximate surface area is 180 Å². The number of piperidine rings is 1. The summed E-state index contributed by atoms with van der Waals surface area (Å²) in [5, 5.41) is 8.21. The quantitative estimate of drug-likeness (QED) is 0.335. The highest BCUT2D eigenvalue weighted by atomic mass is 127. The number of aryl methyl sites for hydroxylation is 1. The number of likely N-dealkylation sites (tertiary alicyclic amines) is 1. The molecule has 6 heteroatoms. The van der Waals surface area contributed by atoms with Crippen molar-refractivity contribution in [1.29, 1.82) is 0 Å². The molecule has 0 radical (unpaired) electrons. The van der Waals surface area contributed by atoms with Gasteiger partial charge in [0.2, 0.25) is 0 Å². The van der Waals surface area contributed by atoms with Crippen LogP contribution in [-0.4, -0.2) is 55.6 Å². The summed E-state index contributed by atoms with van der Waals surface area (Å²) in [4.78, 5) is 10.7. The first-order valence-corrected chi connectivity index (χ1v) is 9.93. The van der Waals surface area contributed by atoms with Gasteiger partial charge in [0.15, 0.2) is 5.96 Å². The fourth-order valence-electron chi connectivity index (χ4n) is 3.87. The van der Waals surface area contributed by atoms with Crippen LogP contribution in [0.15, 0.2) is 29.4 Å². The summed E-state index contributed by atoms with van der Waals surface area (Å²) in [5.41, 5.74) is 3.92. The van der Waals surface area contributed by atoms with Crippen LogP contribution in [0.2, 0.25) is 0 Å². The third kappa shape index (κ3) is 6.10. The van der Waals surface area contributed by atoms with Crippen molar-refractivity contribution < 1.29 is 0 Å². The zero-order valence-corrected chi connectivity index (χ0v) is 19.2. The number of hydrogen-bond acceptors (Lipinski definition) is 2. The van der Waals surface area contributed by atoms with Crippen LogP contribution < -0.4 is 10.6 Å². The Morgan fingerprint density at radius 2 is 2.19 bits per heavy atom. The smallest absolute Gasteiger partial charge is 0.191 e. The van der Waals surface area contributed by atoms with Crippen molar-refractivity contribution in [3.63, 3.8) is 0 Å². The van der Waals surface area contributed by atoms with Crippen molar-refractivity contribution in [2.75, 3.05) is 39.8 Å². The summed E-state index contributed by atoms with van der Waals surface area (Å²) >= 11 is 0. The number of nitrogens with one attached hydrogen (secondary N) is 3. The van der Waals surface area contributed by atoms with Crippen molar-refractivity contribution >= 4 is 40.8 Å². The summed E-state index contributed by atoms with van der Waals surface area (Å²) in [7, 11) is 2.21. The zero-order chi connectivity index (χ0) is 18.4. The van der Waals surface area contributed by atoms with Gasteiger partial charge >= 0.3 is 0 Å². The maximum Gasteiger partial charge on any atom is 0.191 e. The summed E-state index contributed by atoms with van der Waals surface area (Å²) in [6.07, 6.45) is 5.71. The number of H-pyrrole nitrogens is 1. The molecule has 1 aliphatic rings. The fraction of sp³-hybridized carbons (Fsp3) is 0.571. The zero-order valence-electron chi connectivity index (χ0n) is 16.8. The molecule has 1 atom stereocenters. The molecule has 150 valence electrons. The Morgan fingerprint density at radius 1 is 1.33 bits per heavy atom. The molecule has 1 aromatic heterocycles. The van der Waals surface area contributed by atoms with Gasteiger partial charge in [-0.05, 0) is 63.7 Å². The van der Waals surface area contributed by atoms with E-state index in [-0.39, 0.29) is 24.0 Å². The third-order valence-corrected chi connectivity index (χ3v) is 5.27. The lowest BCUT2D eigenvalue weighted by molar-refractivity contribution is 0.214. The highest BCUT2D eigenvalue weighted by molar-refractivity contribution is 14.0. The van der Waals surface area contributed by atoms with Crippen LogP contribution in [0.3, 0.4) is 0 Å². The Bertz CT molecular complexity index is 739. The number of aromatic nitrogens is 1. The van der Waals surface area contributed by atoms with Gasteiger partial charge in [-0.1, -0.05) is 18.2 Å². The van der Waals surface area contributed by atoms with E-state index in [1.54, 1.807) is 0 Å². The van der Waals surface area contributed by atoms with Crippen LogP contribution in [0, 0.1) is 12.8 Å². The molecule has 2 heterocycles. The topological polar surface area (TPSA) is 55.5 Å². The summed E-state index contributed by atoms with van der Waals surface area (Å²) in [6.45, 7) is 9.35. The molecule has 1 aliphatic heterocycles. The van der Waals surface area contributed by atoms with E-state index < -0.39 is 0 Å². The standard InChI is InChI=1S/C21H33N5.HI/c1-4-22-21(25-13-17-8-6-12-26(3)15-17)23-11-10-18-14-24-20-16(2)7-5-9-19(18)20;/h5,7,9,14,17,24H,4,6,8,10-13,15H2,1-3H3,(H2,22,23,25);1H. The molecule has 3 N–H and O–H groups in total. The molecule has 5 nitrogen and oxygen atoms in total. The summed E-state index contributed by atoms with van der Waals surface area (Å²) in [5.74, 6) is 1.62. The summed E-state index contributed by atoms with van der Waals surface area (Å²) < 4.78 is 0. The van der Waals surface area contributed by atoms with Gasteiger partial charge in [0.1, 0.15) is 0 Å². The molecule has 2 aromatic rings. The Balaban J connectivity index is 0.00000261. The van der Waals surface area contributed by atoms with E-state index in [4.69, 9.17) is 4.99 Å². The molecule has 1 fully saturated rings. The van der Waals surface area contributed by atoms with Gasteiger partial charge in [-0.3, -0.25) is 4.99 Å². The first-order chi connectivity index (χ1) is 12.7. The molecule has 0 bridgehead atoms. The lowest BCUT2D eigenvalue weighted by Gasteiger charge is -2.28. The molecule has 0 aliphatic carbocycles. The minimum atomic E-state index is 0. The molecule has 0 spiro atoms. The molecular weight excluding hydrogens is 449 g/mol. The van der Waals surface area contributed by atoms with Gasteiger partial charge in [0.25, 0.3) is 0 Å². The number of aromatic amines is 1. The van der Waals surface area contributed by atoms with Crippen LogP contribution >= 0.6 is 24.0 Å². The number of hydrogen-bond donors (Lipinski definition) is 3. The minimum Gasteiger partial charge on any atom is -0.361 e. The van der Waals surface area contributed by atoms with Gasteiger partial charge < -0.3 is 20.5 Å². The second kappa shape index (κ2) is 10.9. The maximum atomic E-state index is 4.83. The Hall–Kier alpha value is -1.28. The normalized spacial score (nSPS) is 18.3. The molecule has 1 saturated heterocycles. The Kier molecular flexibility index (Phi) is 8.89. The first kappa shape index (κ1) is 22.0. The highest BCUT2D eigenvalue weighted by Gasteiger charge is 2.16. The third-order valence-electron chi connectivity index (χ3n) is 5.27. The number of nitrogens with zero attached hydrogens (tertiary/aromatic N) is 2. The fourth-order valence-corrected chi connectivity index (χ4v) is 3.87. The van der Waals surface area contributed by atoms with Crippen molar-refractivity contribution in [2.24, 2.45) is 10.9 Å². The van der Waals surface area contributed by atoms with E-state index in [1.165, 1.54) is 41.4 Å². The van der Waals surface area contributed by atoms with E-state index in [9.17, 15) is 0 Å². The number of halogens is 1. The van der Waals surface area contributed by atoms with Crippen molar-refractivity contribution in [1.82, 2.24) is 20.5 Å². The van der Waals surface area contributed by atoms with Crippen LogP contribution in [0.1, 0.15) is 30.9 Å². The van der Waals surface area contributed by atoms with E-state index in [2.05, 4.69) is 65.8 Å². The number of fused-ring (bicyclic) bond motifs is 1. The van der Waals surface area contributed by atoms with E-state index in [1.807, 2.05) is 0 Å². The average Bonchev–Trinajstić information content (AvgIpc) is 3.04. The molecule has 1 unspecified atom stereocenters. The molecule has 0 saturated carbocycles. The van der Waals surface area contributed by atoms with Crippen molar-refractivity contribution in [3.8, 4) is 0 Å². The van der Waals surface area contributed by atoms with Crippen LogP contribution in [0.5, 0.6) is 0 Å². The lowest BCUT2D eigenvalue weighted by Crippen LogP contribution is -2.39. The largest absolute Gasteiger partial charge is 0.361 e. The van der Waals surface area contributed by atoms with Gasteiger partial charge in [-0.15, -0.1) is 24.0 Å². The summed E-state index contributed by atoms with van der Waals surface area (Å²) in [6, 6.07) is 6.49. The van der Waals surface area contributed by atoms with E-state index in [0.717, 1.165) is 38.6 Å². The van der Waals surface area contributed by atoms with E-state index in [0.29, 0.717) is 5.92 Å². The predicted molar refractivity (Wildman–Crippen MR) is 126 cm³/mol. The number of rotatable bonds is 6. The Morgan fingerprint density at radius 3 is 2.96 bits per heavy atom. The van der Waals surface area contributed by atoms with Crippen molar-refractivity contribution in [2.45, 2.75) is 33.1 Å². The molecule has 27 heavy (non-hydrogen) atoms. The van der Waals surface area contributed by atoms with Crippen LogP contribution in [-0.2, 0) is 6.42 Å². The number of para-hydroxylation sites is 1. The molecule has 3 rings (SSSR count). The molecular formula is C21H34IN5. The number of aliphatic imine (C=N–C) groups is 1. The predicted octanol–water partition coefficient (Wildman–Crippen LogP) is 3.53. The molecule has 0 amide bonds. The number of benzene rings is 1. The average molecular weight is 483 g/mol. The maximum absolute atomic E-state index is 4.83. The second-order valence-electron chi connectivity index (χ2n) is 7.48. The second-order valence-corrected chi connectivity index (χ2v) is 7.48. The van der Waals surface area contributed by atoms with Crippen LogP contribution in [0.25, 0.3) is 10.9 Å². The van der Waals surface area contributed by atoms with Gasteiger partial charge in [0.05, 0.1) is 0 Å². The first-order valence-electron chi connectivity index (χ1n) is 9.93. The SMILES string of the molecule is CCNC(=NCC1CCCN(C)C1)NCCc1c[nH]c2c(C)cccc12.I. The van der Waals surface area contributed by atoms with Gasteiger partial charge in [0, 0.05) is 43.3 Å². The van der Waals surface area contributed by atoms with E-state index >= 15 is 0 Å². The monoisotopic (exact) mass is 483 g/mol. The van der Waals surface area contributed by atoms with Gasteiger partial charge in [-0.2, -0.15) is 0 Å². The lowest BCUT2D eigenvalue weighted by atomic mass is 9.99.